The van der Waals surface area contributed by atoms with Crippen molar-refractivity contribution in [3.8, 4) is 0 Å². The van der Waals surface area contributed by atoms with Crippen LogP contribution in [0.25, 0.3) is 0 Å². The molecule has 0 amide bonds. The molecule has 0 bridgehead atoms. The van der Waals surface area contributed by atoms with Gasteiger partial charge in [0.05, 0.1) is 19.1 Å². The number of esters is 1. The Morgan fingerprint density at radius 1 is 1.69 bits per heavy atom. The molecule has 2 heterocycles. The van der Waals surface area contributed by atoms with Crippen molar-refractivity contribution in [2.24, 2.45) is 13.0 Å². The van der Waals surface area contributed by atoms with Crippen molar-refractivity contribution in [1.82, 2.24) is 20.1 Å². The van der Waals surface area contributed by atoms with Crippen LogP contribution in [0.15, 0.2) is 6.33 Å². The van der Waals surface area contributed by atoms with Crippen molar-refractivity contribution in [1.29, 1.82) is 0 Å². The molecule has 0 unspecified atom stereocenters. The van der Waals surface area contributed by atoms with E-state index in [1.165, 1.54) is 7.11 Å². The van der Waals surface area contributed by atoms with Gasteiger partial charge in [-0.1, -0.05) is 0 Å². The van der Waals surface area contributed by atoms with Gasteiger partial charge in [0.1, 0.15) is 6.33 Å². The summed E-state index contributed by atoms with van der Waals surface area (Å²) in [6.45, 7) is 0.894. The molecule has 1 aromatic heterocycles. The Kier molecular flexibility index (Phi) is 3.19. The monoisotopic (exact) mass is 224 g/mol. The van der Waals surface area contributed by atoms with Gasteiger partial charge in [0.15, 0.2) is 5.82 Å². The van der Waals surface area contributed by atoms with Crippen molar-refractivity contribution in [3.63, 3.8) is 0 Å². The van der Waals surface area contributed by atoms with Crippen LogP contribution in [-0.4, -0.2) is 34.4 Å². The fourth-order valence-corrected chi connectivity index (χ4v) is 2.14. The molecule has 0 saturated carbocycles. The number of nitrogens with one attached hydrogen (secondary N) is 1. The third-order valence-corrected chi connectivity index (χ3v) is 2.99. The van der Waals surface area contributed by atoms with E-state index in [1.54, 1.807) is 6.33 Å². The molecule has 0 spiro atoms. The highest BCUT2D eigenvalue weighted by molar-refractivity contribution is 5.73. The second kappa shape index (κ2) is 4.61. The van der Waals surface area contributed by atoms with E-state index in [-0.39, 0.29) is 17.9 Å². The van der Waals surface area contributed by atoms with E-state index in [2.05, 4.69) is 15.5 Å². The zero-order valence-electron chi connectivity index (χ0n) is 9.51. The second-order valence-corrected chi connectivity index (χ2v) is 4.00. The van der Waals surface area contributed by atoms with Gasteiger partial charge in [-0.15, -0.1) is 10.2 Å². The molecule has 2 atom stereocenters. The van der Waals surface area contributed by atoms with Gasteiger partial charge in [-0.2, -0.15) is 0 Å². The van der Waals surface area contributed by atoms with E-state index >= 15 is 0 Å². The van der Waals surface area contributed by atoms with Gasteiger partial charge < -0.3 is 14.6 Å². The summed E-state index contributed by atoms with van der Waals surface area (Å²) in [4.78, 5) is 11.7. The zero-order valence-corrected chi connectivity index (χ0v) is 9.51. The first kappa shape index (κ1) is 11.1. The van der Waals surface area contributed by atoms with Crippen LogP contribution >= 0.6 is 0 Å². The summed E-state index contributed by atoms with van der Waals surface area (Å²) in [6.07, 6.45) is 3.45. The van der Waals surface area contributed by atoms with Crippen LogP contribution in [0.4, 0.5) is 0 Å². The number of hydrogen-bond donors (Lipinski definition) is 1. The minimum atomic E-state index is -0.180. The first-order valence-electron chi connectivity index (χ1n) is 5.39. The number of ether oxygens (including phenoxy) is 1. The molecule has 6 heteroatoms. The SMILES string of the molecule is COC(=O)[C@H]1CCCN[C@H]1c1nncn1C. The fourth-order valence-electron chi connectivity index (χ4n) is 2.14. The van der Waals surface area contributed by atoms with E-state index in [1.807, 2.05) is 11.6 Å². The molecule has 1 fully saturated rings. The Balaban J connectivity index is 2.23. The molecule has 1 aliphatic heterocycles. The molecular weight excluding hydrogens is 208 g/mol. The van der Waals surface area contributed by atoms with E-state index in [9.17, 15) is 4.79 Å². The van der Waals surface area contributed by atoms with Crippen LogP contribution in [0.2, 0.25) is 0 Å². The summed E-state index contributed by atoms with van der Waals surface area (Å²) in [6, 6.07) is -0.0892. The highest BCUT2D eigenvalue weighted by Gasteiger charge is 2.35. The number of piperidine rings is 1. The number of nitrogens with zero attached hydrogens (tertiary/aromatic N) is 3. The largest absolute Gasteiger partial charge is 0.469 e. The lowest BCUT2D eigenvalue weighted by molar-refractivity contribution is -0.147. The standard InChI is InChI=1S/C10H16N4O2/c1-14-6-12-13-9(14)8-7(10(15)16-2)4-3-5-11-8/h6-8,11H,3-5H2,1-2H3/t7-,8+/m0/s1. The maximum Gasteiger partial charge on any atom is 0.310 e. The van der Waals surface area contributed by atoms with Gasteiger partial charge in [0, 0.05) is 7.05 Å². The van der Waals surface area contributed by atoms with Gasteiger partial charge >= 0.3 is 5.97 Å². The molecule has 0 aliphatic carbocycles. The van der Waals surface area contributed by atoms with Crippen molar-refractivity contribution < 1.29 is 9.53 Å². The predicted molar refractivity (Wildman–Crippen MR) is 56.5 cm³/mol. The van der Waals surface area contributed by atoms with Crippen LogP contribution in [0, 0.1) is 5.92 Å². The van der Waals surface area contributed by atoms with Gasteiger partial charge in [0.2, 0.25) is 0 Å². The first-order valence-corrected chi connectivity index (χ1v) is 5.39. The zero-order chi connectivity index (χ0) is 11.5. The highest BCUT2D eigenvalue weighted by atomic mass is 16.5. The third kappa shape index (κ3) is 1.92. The quantitative estimate of drug-likeness (QED) is 0.718. The van der Waals surface area contributed by atoms with Crippen molar-refractivity contribution in [2.75, 3.05) is 13.7 Å². The summed E-state index contributed by atoms with van der Waals surface area (Å²) < 4.78 is 6.65. The van der Waals surface area contributed by atoms with E-state index in [0.29, 0.717) is 0 Å². The maximum absolute atomic E-state index is 11.7. The summed E-state index contributed by atoms with van der Waals surface area (Å²) in [5.74, 6) is 0.442. The van der Waals surface area contributed by atoms with Crippen LogP contribution in [0.5, 0.6) is 0 Å². The van der Waals surface area contributed by atoms with Gasteiger partial charge in [0.25, 0.3) is 0 Å². The average molecular weight is 224 g/mol. The summed E-state index contributed by atoms with van der Waals surface area (Å²) >= 11 is 0. The lowest BCUT2D eigenvalue weighted by Crippen LogP contribution is -2.40. The Labute approximate surface area is 94.0 Å². The number of methoxy groups -OCH3 is 1. The molecule has 1 N–H and O–H groups in total. The number of aryl methyl sites for hydroxylation is 1. The number of carbonyl (C=O) groups excluding carboxylic acids is 1. The Hall–Kier alpha value is -1.43. The fraction of sp³-hybridized carbons (Fsp3) is 0.700. The smallest absolute Gasteiger partial charge is 0.310 e. The lowest BCUT2D eigenvalue weighted by atomic mass is 9.90. The Morgan fingerprint density at radius 3 is 3.12 bits per heavy atom. The Bertz CT molecular complexity index is 377. The third-order valence-electron chi connectivity index (χ3n) is 2.99. The van der Waals surface area contributed by atoms with Gasteiger partial charge in [-0.25, -0.2) is 0 Å². The summed E-state index contributed by atoms with van der Waals surface area (Å²) in [5.41, 5.74) is 0. The molecule has 1 saturated heterocycles. The minimum Gasteiger partial charge on any atom is -0.469 e. The first-order chi connectivity index (χ1) is 7.74. The van der Waals surface area contributed by atoms with Crippen molar-refractivity contribution in [3.05, 3.63) is 12.2 Å². The number of hydrogen-bond acceptors (Lipinski definition) is 5. The normalized spacial score (nSPS) is 25.4. The van der Waals surface area contributed by atoms with Crippen molar-refractivity contribution in [2.45, 2.75) is 18.9 Å². The summed E-state index contributed by atoms with van der Waals surface area (Å²) in [7, 11) is 3.30. The number of aromatic nitrogens is 3. The van der Waals surface area contributed by atoms with E-state index in [0.717, 1.165) is 25.2 Å². The number of rotatable bonds is 2. The Morgan fingerprint density at radius 2 is 2.50 bits per heavy atom. The van der Waals surface area contributed by atoms with Crippen LogP contribution in [0.1, 0.15) is 24.7 Å². The van der Waals surface area contributed by atoms with Crippen molar-refractivity contribution >= 4 is 5.97 Å². The van der Waals surface area contributed by atoms with Gasteiger partial charge in [-0.3, -0.25) is 4.79 Å². The molecule has 1 aromatic rings. The molecule has 0 radical (unpaired) electrons. The van der Waals surface area contributed by atoms with Crippen LogP contribution in [-0.2, 0) is 16.6 Å². The predicted octanol–water partition coefficient (Wildman–Crippen LogP) is 0.0288. The summed E-state index contributed by atoms with van der Waals surface area (Å²) in [5, 5.41) is 11.2. The molecular formula is C10H16N4O2. The van der Waals surface area contributed by atoms with Crippen LogP contribution in [0.3, 0.4) is 0 Å². The molecule has 0 aromatic carbocycles. The molecule has 1 aliphatic rings. The highest BCUT2D eigenvalue weighted by Crippen LogP contribution is 2.28. The van der Waals surface area contributed by atoms with Gasteiger partial charge in [-0.05, 0) is 19.4 Å². The lowest BCUT2D eigenvalue weighted by Gasteiger charge is -2.29. The average Bonchev–Trinajstić information content (AvgIpc) is 2.74. The van der Waals surface area contributed by atoms with E-state index < -0.39 is 0 Å². The maximum atomic E-state index is 11.7. The molecule has 2 rings (SSSR count). The molecule has 88 valence electrons. The topological polar surface area (TPSA) is 69.0 Å². The number of carbonyl (C=O) groups is 1. The van der Waals surface area contributed by atoms with Crippen LogP contribution < -0.4 is 5.32 Å². The molecule has 16 heavy (non-hydrogen) atoms. The molecule has 6 nitrogen and oxygen atoms in total. The van der Waals surface area contributed by atoms with E-state index in [4.69, 9.17) is 4.74 Å². The minimum absolute atomic E-state index is 0.0892. The second-order valence-electron chi connectivity index (χ2n) is 4.00.